The van der Waals surface area contributed by atoms with Gasteiger partial charge in [0.05, 0.1) is 16.9 Å². The molecular formula is C12H11F3N4. The van der Waals surface area contributed by atoms with Gasteiger partial charge in [0.15, 0.2) is 0 Å². The van der Waals surface area contributed by atoms with Crippen molar-refractivity contribution in [2.75, 3.05) is 5.73 Å². The highest BCUT2D eigenvalue weighted by molar-refractivity contribution is 5.51. The van der Waals surface area contributed by atoms with E-state index in [0.717, 1.165) is 23.4 Å². The van der Waals surface area contributed by atoms with Crippen molar-refractivity contribution in [2.24, 2.45) is 0 Å². The second kappa shape index (κ2) is 3.99. The predicted molar refractivity (Wildman–Crippen MR) is 63.5 cm³/mol. The molecule has 0 fully saturated rings. The van der Waals surface area contributed by atoms with Gasteiger partial charge in [-0.15, -0.1) is 0 Å². The Bertz CT molecular complexity index is 613. The zero-order valence-corrected chi connectivity index (χ0v) is 9.83. The Morgan fingerprint density at radius 1 is 1.16 bits per heavy atom. The van der Waals surface area contributed by atoms with E-state index < -0.39 is 11.7 Å². The van der Waals surface area contributed by atoms with Crippen molar-refractivity contribution in [3.05, 3.63) is 41.1 Å². The largest absolute Gasteiger partial charge is 0.416 e. The summed E-state index contributed by atoms with van der Waals surface area (Å²) in [6, 6.07) is 4.79. The Kier molecular flexibility index (Phi) is 2.53. The summed E-state index contributed by atoms with van der Waals surface area (Å²) in [6.07, 6.45) is -4.33. The second-order valence-corrected chi connectivity index (χ2v) is 4.37. The Hall–Kier alpha value is -2.02. The minimum Gasteiger partial charge on any atom is -0.383 e. The van der Waals surface area contributed by atoms with Crippen LogP contribution in [0.1, 0.15) is 16.8 Å². The van der Waals surface area contributed by atoms with Crippen LogP contribution in [-0.4, -0.2) is 9.78 Å². The third-order valence-corrected chi connectivity index (χ3v) is 3.14. The van der Waals surface area contributed by atoms with Crippen molar-refractivity contribution in [2.45, 2.75) is 19.3 Å². The third-order valence-electron chi connectivity index (χ3n) is 3.14. The lowest BCUT2D eigenvalue weighted by molar-refractivity contribution is -0.137. The summed E-state index contributed by atoms with van der Waals surface area (Å²) in [6.45, 7) is 1.27. The molecule has 3 N–H and O–H groups in total. The average Bonchev–Trinajstić information content (AvgIpc) is 2.92. The lowest BCUT2D eigenvalue weighted by Gasteiger charge is -2.09. The van der Waals surface area contributed by atoms with Gasteiger partial charge in [0.2, 0.25) is 0 Å². The van der Waals surface area contributed by atoms with Gasteiger partial charge >= 0.3 is 6.18 Å². The molecule has 4 nitrogen and oxygen atoms in total. The number of fused-ring (bicyclic) bond motifs is 1. The van der Waals surface area contributed by atoms with Crippen LogP contribution in [0.4, 0.5) is 19.0 Å². The second-order valence-electron chi connectivity index (χ2n) is 4.37. The molecule has 19 heavy (non-hydrogen) atoms. The first-order chi connectivity index (χ1) is 8.97. The summed E-state index contributed by atoms with van der Waals surface area (Å²) < 4.78 is 38.9. The lowest BCUT2D eigenvalue weighted by atomic mass is 10.2. The normalized spacial score (nSPS) is 14.7. The summed E-state index contributed by atoms with van der Waals surface area (Å²) in [7, 11) is 0. The number of hydrogen-bond donors (Lipinski definition) is 2. The number of rotatable bonds is 1. The molecule has 1 aliphatic heterocycles. The monoisotopic (exact) mass is 268 g/mol. The summed E-state index contributed by atoms with van der Waals surface area (Å²) in [4.78, 5) is 0. The minimum absolute atomic E-state index is 0.472. The van der Waals surface area contributed by atoms with E-state index >= 15 is 0 Å². The Morgan fingerprint density at radius 2 is 1.84 bits per heavy atom. The van der Waals surface area contributed by atoms with Gasteiger partial charge in [-0.3, -0.25) is 0 Å². The smallest absolute Gasteiger partial charge is 0.383 e. The lowest BCUT2D eigenvalue weighted by Crippen LogP contribution is -2.09. The van der Waals surface area contributed by atoms with Gasteiger partial charge in [0.25, 0.3) is 0 Å². The maximum atomic E-state index is 12.5. The van der Waals surface area contributed by atoms with Crippen LogP contribution < -0.4 is 11.1 Å². The number of nitrogens with zero attached hydrogens (tertiary/aromatic N) is 2. The quantitative estimate of drug-likeness (QED) is 0.832. The standard InChI is InChI=1S/C12H11F3N4/c13-12(14,15)7-1-3-8(4-2-7)19-11(16)9-5-17-6-10(9)18-19/h1-4,17H,5-6,16H2. The first kappa shape index (κ1) is 12.0. The van der Waals surface area contributed by atoms with Crippen molar-refractivity contribution in [3.8, 4) is 5.69 Å². The van der Waals surface area contributed by atoms with Crippen LogP contribution in [0.3, 0.4) is 0 Å². The van der Waals surface area contributed by atoms with Crippen molar-refractivity contribution < 1.29 is 13.2 Å². The van der Waals surface area contributed by atoms with Gasteiger partial charge in [-0.1, -0.05) is 0 Å². The highest BCUT2D eigenvalue weighted by atomic mass is 19.4. The van der Waals surface area contributed by atoms with Gasteiger partial charge in [-0.25, -0.2) is 4.68 Å². The average molecular weight is 268 g/mol. The van der Waals surface area contributed by atoms with Crippen molar-refractivity contribution in [1.82, 2.24) is 15.1 Å². The van der Waals surface area contributed by atoms with E-state index in [2.05, 4.69) is 10.4 Å². The van der Waals surface area contributed by atoms with Gasteiger partial charge < -0.3 is 11.1 Å². The minimum atomic E-state index is -4.33. The third kappa shape index (κ3) is 1.95. The molecule has 0 atom stereocenters. The fraction of sp³-hybridized carbons (Fsp3) is 0.250. The number of hydrogen-bond acceptors (Lipinski definition) is 3. The molecule has 0 saturated heterocycles. The Balaban J connectivity index is 1.99. The molecular weight excluding hydrogens is 257 g/mol. The Morgan fingerprint density at radius 3 is 2.42 bits per heavy atom. The van der Waals surface area contributed by atoms with E-state index in [-0.39, 0.29) is 0 Å². The fourth-order valence-corrected chi connectivity index (χ4v) is 2.14. The van der Waals surface area contributed by atoms with Crippen LogP contribution >= 0.6 is 0 Å². The van der Waals surface area contributed by atoms with E-state index in [9.17, 15) is 13.2 Å². The van der Waals surface area contributed by atoms with Crippen LogP contribution in [0.15, 0.2) is 24.3 Å². The number of nitrogens with one attached hydrogen (secondary N) is 1. The number of nitrogens with two attached hydrogens (primary N) is 1. The van der Waals surface area contributed by atoms with Gasteiger partial charge in [0, 0.05) is 18.7 Å². The molecule has 0 aliphatic carbocycles. The van der Waals surface area contributed by atoms with Gasteiger partial charge in [-0.05, 0) is 24.3 Å². The summed E-state index contributed by atoms with van der Waals surface area (Å²) in [5, 5.41) is 7.41. The van der Waals surface area contributed by atoms with Crippen LogP contribution in [0.2, 0.25) is 0 Å². The summed E-state index contributed by atoms with van der Waals surface area (Å²) in [5.41, 5.74) is 7.55. The van der Waals surface area contributed by atoms with Gasteiger partial charge in [-0.2, -0.15) is 18.3 Å². The SMILES string of the molecule is Nc1c2c(nn1-c1ccc(C(F)(F)F)cc1)CNC2. The molecule has 1 aromatic carbocycles. The molecule has 0 bridgehead atoms. The topological polar surface area (TPSA) is 55.9 Å². The first-order valence-corrected chi connectivity index (χ1v) is 5.71. The molecule has 0 unspecified atom stereocenters. The number of benzene rings is 1. The Labute approximate surface area is 107 Å². The zero-order chi connectivity index (χ0) is 13.6. The number of halogens is 3. The molecule has 0 amide bonds. The molecule has 0 radical (unpaired) electrons. The molecule has 2 heterocycles. The molecule has 3 rings (SSSR count). The van der Waals surface area contributed by atoms with Crippen molar-refractivity contribution in [1.29, 1.82) is 0 Å². The van der Waals surface area contributed by atoms with E-state index in [4.69, 9.17) is 5.73 Å². The predicted octanol–water partition coefficient (Wildman–Crippen LogP) is 2.08. The van der Waals surface area contributed by atoms with Crippen molar-refractivity contribution >= 4 is 5.82 Å². The summed E-state index contributed by atoms with van der Waals surface area (Å²) >= 11 is 0. The first-order valence-electron chi connectivity index (χ1n) is 5.71. The number of aromatic nitrogens is 2. The van der Waals surface area contributed by atoms with Crippen molar-refractivity contribution in [3.63, 3.8) is 0 Å². The number of nitrogen functional groups attached to an aromatic ring is 1. The zero-order valence-electron chi connectivity index (χ0n) is 9.83. The van der Waals surface area contributed by atoms with E-state index in [1.54, 1.807) is 0 Å². The van der Waals surface area contributed by atoms with Crippen LogP contribution in [0.25, 0.3) is 5.69 Å². The maximum absolute atomic E-state index is 12.5. The molecule has 0 spiro atoms. The van der Waals surface area contributed by atoms with E-state index in [0.29, 0.717) is 24.6 Å². The van der Waals surface area contributed by atoms with E-state index in [1.807, 2.05) is 0 Å². The molecule has 100 valence electrons. The molecule has 1 aliphatic rings. The molecule has 2 aromatic rings. The van der Waals surface area contributed by atoms with Crippen LogP contribution in [0.5, 0.6) is 0 Å². The number of anilines is 1. The molecule has 7 heteroatoms. The van der Waals surface area contributed by atoms with E-state index in [1.165, 1.54) is 16.8 Å². The molecule has 0 saturated carbocycles. The highest BCUT2D eigenvalue weighted by Crippen LogP contribution is 2.30. The highest BCUT2D eigenvalue weighted by Gasteiger charge is 2.30. The van der Waals surface area contributed by atoms with Crippen LogP contribution in [-0.2, 0) is 19.3 Å². The fourth-order valence-electron chi connectivity index (χ4n) is 2.14. The van der Waals surface area contributed by atoms with Crippen LogP contribution in [0, 0.1) is 0 Å². The summed E-state index contributed by atoms with van der Waals surface area (Å²) in [5.74, 6) is 0.472. The van der Waals surface area contributed by atoms with Gasteiger partial charge in [0.1, 0.15) is 5.82 Å². The maximum Gasteiger partial charge on any atom is 0.416 e. The number of alkyl halides is 3. The molecule has 1 aromatic heterocycles.